The Hall–Kier alpha value is -1.31. The Kier molecular flexibility index (Phi) is 2.98. The SMILES string of the molecule is O=C(O)[C@@H]1CCCN1c1ncc(C(F)(F)F)s1. The molecular formula is C9H9F3N2O2S. The standard InChI is InChI=1S/C9H9F3N2O2S/c10-9(11,12)6-4-13-8(17-6)14-3-1-2-5(14)7(15)16/h4-5H,1-3H2,(H,15,16)/t5-/m0/s1. The number of hydrogen-bond donors (Lipinski definition) is 1. The minimum atomic E-state index is -4.42. The van der Waals surface area contributed by atoms with Crippen molar-refractivity contribution >= 4 is 22.4 Å². The molecule has 0 spiro atoms. The molecule has 1 aromatic rings. The topological polar surface area (TPSA) is 53.4 Å². The lowest BCUT2D eigenvalue weighted by Gasteiger charge is -2.19. The van der Waals surface area contributed by atoms with E-state index in [0.717, 1.165) is 6.20 Å². The molecule has 4 nitrogen and oxygen atoms in total. The fraction of sp³-hybridized carbons (Fsp3) is 0.556. The molecule has 1 aliphatic rings. The molecular weight excluding hydrogens is 257 g/mol. The van der Waals surface area contributed by atoms with E-state index in [1.165, 1.54) is 4.90 Å². The molecule has 0 radical (unpaired) electrons. The van der Waals surface area contributed by atoms with Crippen LogP contribution in [0, 0.1) is 0 Å². The second kappa shape index (κ2) is 4.17. The second-order valence-electron chi connectivity index (χ2n) is 3.69. The number of nitrogens with zero attached hydrogens (tertiary/aromatic N) is 2. The number of rotatable bonds is 2. The van der Waals surface area contributed by atoms with Crippen molar-refractivity contribution < 1.29 is 23.1 Å². The Bertz CT molecular complexity index is 432. The molecule has 1 atom stereocenters. The van der Waals surface area contributed by atoms with Gasteiger partial charge in [-0.1, -0.05) is 11.3 Å². The van der Waals surface area contributed by atoms with Gasteiger partial charge in [0, 0.05) is 6.54 Å². The number of halogens is 3. The van der Waals surface area contributed by atoms with Crippen molar-refractivity contribution in [3.05, 3.63) is 11.1 Å². The van der Waals surface area contributed by atoms with Gasteiger partial charge in [-0.15, -0.1) is 0 Å². The Balaban J connectivity index is 2.23. The molecule has 0 saturated carbocycles. The van der Waals surface area contributed by atoms with Gasteiger partial charge in [0.05, 0.1) is 6.20 Å². The second-order valence-corrected chi connectivity index (χ2v) is 4.70. The summed E-state index contributed by atoms with van der Waals surface area (Å²) in [6.07, 6.45) is -2.58. The first-order chi connectivity index (χ1) is 7.89. The number of aromatic nitrogens is 1. The molecule has 1 saturated heterocycles. The quantitative estimate of drug-likeness (QED) is 0.891. The Morgan fingerprint density at radius 3 is 2.82 bits per heavy atom. The highest BCUT2D eigenvalue weighted by molar-refractivity contribution is 7.15. The Labute approximate surface area is 98.7 Å². The van der Waals surface area contributed by atoms with Crippen LogP contribution in [0.5, 0.6) is 0 Å². The molecule has 0 amide bonds. The van der Waals surface area contributed by atoms with Crippen LogP contribution in [0.15, 0.2) is 6.20 Å². The molecule has 0 aromatic carbocycles. The van der Waals surface area contributed by atoms with E-state index in [2.05, 4.69) is 4.98 Å². The third-order valence-corrected chi connectivity index (χ3v) is 3.64. The first kappa shape index (κ1) is 12.2. The summed E-state index contributed by atoms with van der Waals surface area (Å²) in [5, 5.41) is 9.05. The van der Waals surface area contributed by atoms with Crippen LogP contribution in [0.3, 0.4) is 0 Å². The predicted molar refractivity (Wildman–Crippen MR) is 55.1 cm³/mol. The van der Waals surface area contributed by atoms with E-state index in [1.807, 2.05) is 0 Å². The van der Waals surface area contributed by atoms with Crippen LogP contribution < -0.4 is 4.90 Å². The van der Waals surface area contributed by atoms with Gasteiger partial charge in [-0.25, -0.2) is 9.78 Å². The van der Waals surface area contributed by atoms with E-state index in [9.17, 15) is 18.0 Å². The summed E-state index contributed by atoms with van der Waals surface area (Å²) in [6.45, 7) is 0.432. The van der Waals surface area contributed by atoms with Gasteiger partial charge in [0.2, 0.25) is 0 Å². The maximum absolute atomic E-state index is 12.4. The summed E-state index contributed by atoms with van der Waals surface area (Å²) in [7, 11) is 0. The van der Waals surface area contributed by atoms with Gasteiger partial charge in [-0.3, -0.25) is 0 Å². The third kappa shape index (κ3) is 2.36. The Morgan fingerprint density at radius 2 is 2.29 bits per heavy atom. The fourth-order valence-corrected chi connectivity index (χ4v) is 2.64. The number of alkyl halides is 3. The molecule has 2 rings (SSSR count). The average Bonchev–Trinajstić information content (AvgIpc) is 2.85. The van der Waals surface area contributed by atoms with E-state index in [4.69, 9.17) is 5.11 Å². The summed E-state index contributed by atoms with van der Waals surface area (Å²) in [4.78, 5) is 15.2. The first-order valence-corrected chi connectivity index (χ1v) is 5.73. The van der Waals surface area contributed by atoms with E-state index in [1.54, 1.807) is 0 Å². The number of anilines is 1. The molecule has 2 heterocycles. The summed E-state index contributed by atoms with van der Waals surface area (Å²) >= 11 is 0.485. The highest BCUT2D eigenvalue weighted by Gasteiger charge is 2.37. The smallest absolute Gasteiger partial charge is 0.427 e. The van der Waals surface area contributed by atoms with Crippen molar-refractivity contribution in [1.82, 2.24) is 4.98 Å². The van der Waals surface area contributed by atoms with Crippen molar-refractivity contribution in [3.8, 4) is 0 Å². The fourth-order valence-electron chi connectivity index (χ4n) is 1.78. The molecule has 0 aliphatic carbocycles. The lowest BCUT2D eigenvalue weighted by Crippen LogP contribution is -2.35. The van der Waals surface area contributed by atoms with Crippen LogP contribution in [0.1, 0.15) is 17.7 Å². The largest absolute Gasteiger partial charge is 0.480 e. The predicted octanol–water partition coefficient (Wildman–Crippen LogP) is 2.22. The van der Waals surface area contributed by atoms with Crippen LogP contribution in [0.2, 0.25) is 0 Å². The first-order valence-electron chi connectivity index (χ1n) is 4.92. The maximum atomic E-state index is 12.4. The number of carbonyl (C=O) groups is 1. The van der Waals surface area contributed by atoms with Gasteiger partial charge >= 0.3 is 12.1 Å². The molecule has 0 bridgehead atoms. The van der Waals surface area contributed by atoms with Gasteiger partial charge in [-0.2, -0.15) is 13.2 Å². The molecule has 1 aromatic heterocycles. The summed E-state index contributed by atoms with van der Waals surface area (Å²) in [6, 6.07) is -0.762. The number of hydrogen-bond acceptors (Lipinski definition) is 4. The Morgan fingerprint density at radius 1 is 1.59 bits per heavy atom. The van der Waals surface area contributed by atoms with Crippen LogP contribution >= 0.6 is 11.3 Å². The minimum absolute atomic E-state index is 0.127. The van der Waals surface area contributed by atoms with Crippen molar-refractivity contribution in [2.45, 2.75) is 25.1 Å². The molecule has 94 valence electrons. The number of aliphatic carboxylic acids is 1. The maximum Gasteiger partial charge on any atom is 0.427 e. The van der Waals surface area contributed by atoms with E-state index < -0.39 is 23.1 Å². The van der Waals surface area contributed by atoms with Crippen LogP contribution in [-0.4, -0.2) is 28.6 Å². The minimum Gasteiger partial charge on any atom is -0.480 e. The molecule has 0 unspecified atom stereocenters. The lowest BCUT2D eigenvalue weighted by molar-refractivity contribution is -0.138. The molecule has 17 heavy (non-hydrogen) atoms. The summed E-state index contributed by atoms with van der Waals surface area (Å²) in [5.74, 6) is -1.02. The third-order valence-electron chi connectivity index (χ3n) is 2.56. The number of thiazole rings is 1. The molecule has 8 heteroatoms. The molecule has 1 aliphatic heterocycles. The van der Waals surface area contributed by atoms with Gasteiger partial charge in [0.15, 0.2) is 5.13 Å². The number of carboxylic acids is 1. The zero-order valence-corrected chi connectivity index (χ0v) is 9.38. The van der Waals surface area contributed by atoms with Crippen molar-refractivity contribution in [2.24, 2.45) is 0 Å². The molecule has 1 N–H and O–H groups in total. The highest BCUT2D eigenvalue weighted by atomic mass is 32.1. The summed E-state index contributed by atoms with van der Waals surface area (Å²) < 4.78 is 37.1. The zero-order valence-electron chi connectivity index (χ0n) is 8.57. The van der Waals surface area contributed by atoms with Crippen LogP contribution in [0.4, 0.5) is 18.3 Å². The molecule has 1 fully saturated rings. The van der Waals surface area contributed by atoms with Crippen molar-refractivity contribution in [2.75, 3.05) is 11.4 Å². The monoisotopic (exact) mass is 266 g/mol. The summed E-state index contributed by atoms with van der Waals surface area (Å²) in [5.41, 5.74) is 0. The van der Waals surface area contributed by atoms with Crippen molar-refractivity contribution in [3.63, 3.8) is 0 Å². The van der Waals surface area contributed by atoms with Crippen LogP contribution in [0.25, 0.3) is 0 Å². The zero-order chi connectivity index (χ0) is 12.6. The van der Waals surface area contributed by atoms with Gasteiger partial charge < -0.3 is 10.0 Å². The van der Waals surface area contributed by atoms with Gasteiger partial charge in [0.1, 0.15) is 10.9 Å². The van der Waals surface area contributed by atoms with E-state index in [0.29, 0.717) is 30.7 Å². The lowest BCUT2D eigenvalue weighted by atomic mass is 10.2. The number of carboxylic acid groups (broad SMARTS) is 1. The van der Waals surface area contributed by atoms with E-state index >= 15 is 0 Å². The highest BCUT2D eigenvalue weighted by Crippen LogP contribution is 2.38. The van der Waals surface area contributed by atoms with Gasteiger partial charge in [-0.05, 0) is 12.8 Å². The average molecular weight is 266 g/mol. The van der Waals surface area contributed by atoms with Crippen LogP contribution in [-0.2, 0) is 11.0 Å². The van der Waals surface area contributed by atoms with E-state index in [-0.39, 0.29) is 5.13 Å². The van der Waals surface area contributed by atoms with Crippen molar-refractivity contribution in [1.29, 1.82) is 0 Å². The normalized spacial score (nSPS) is 20.9. The van der Waals surface area contributed by atoms with Gasteiger partial charge in [0.25, 0.3) is 0 Å².